The molecule has 0 spiro atoms. The van der Waals surface area contributed by atoms with Crippen molar-refractivity contribution in [3.05, 3.63) is 65.5 Å². The zero-order chi connectivity index (χ0) is 19.7. The van der Waals surface area contributed by atoms with Gasteiger partial charge in [0.25, 0.3) is 5.91 Å². The van der Waals surface area contributed by atoms with Gasteiger partial charge in [0, 0.05) is 63.7 Å². The van der Waals surface area contributed by atoms with Crippen molar-refractivity contribution in [1.29, 1.82) is 0 Å². The molecule has 0 atom stereocenters. The third kappa shape index (κ3) is 3.26. The largest absolute Gasteiger partial charge is 0.362 e. The van der Waals surface area contributed by atoms with E-state index in [0.717, 1.165) is 24.1 Å². The lowest BCUT2D eigenvalue weighted by Gasteiger charge is -2.23. The van der Waals surface area contributed by atoms with Crippen molar-refractivity contribution in [3.8, 4) is 11.3 Å². The van der Waals surface area contributed by atoms with Gasteiger partial charge in [0.2, 0.25) is 0 Å². The van der Waals surface area contributed by atoms with Crippen LogP contribution in [0.3, 0.4) is 0 Å². The first-order chi connectivity index (χ1) is 13.6. The number of nitrogens with zero attached hydrogens (tertiary/aromatic N) is 5. The van der Waals surface area contributed by atoms with Crippen molar-refractivity contribution in [2.45, 2.75) is 12.8 Å². The molecular weight excluding hydrogens is 350 g/mol. The van der Waals surface area contributed by atoms with Crippen LogP contribution in [0.25, 0.3) is 11.3 Å². The van der Waals surface area contributed by atoms with Gasteiger partial charge in [0.05, 0.1) is 11.3 Å². The van der Waals surface area contributed by atoms with Gasteiger partial charge < -0.3 is 9.80 Å². The van der Waals surface area contributed by atoms with E-state index < -0.39 is 0 Å². The monoisotopic (exact) mass is 375 g/mol. The molecule has 1 aromatic carbocycles. The minimum Gasteiger partial charge on any atom is -0.362 e. The Morgan fingerprint density at radius 1 is 1.04 bits per heavy atom. The van der Waals surface area contributed by atoms with Crippen LogP contribution in [-0.2, 0) is 19.9 Å². The van der Waals surface area contributed by atoms with Crippen molar-refractivity contribution in [2.24, 2.45) is 7.05 Å². The summed E-state index contributed by atoms with van der Waals surface area (Å²) in [5.74, 6) is 0.750. The van der Waals surface area contributed by atoms with Crippen LogP contribution in [0.1, 0.15) is 21.6 Å². The van der Waals surface area contributed by atoms with Gasteiger partial charge in [-0.3, -0.25) is 9.48 Å². The zero-order valence-electron chi connectivity index (χ0n) is 16.6. The molecule has 1 aliphatic heterocycles. The molecule has 0 radical (unpaired) electrons. The highest BCUT2D eigenvalue weighted by molar-refractivity contribution is 5.99. The predicted molar refractivity (Wildman–Crippen MR) is 111 cm³/mol. The number of aryl methyl sites for hydroxylation is 1. The number of aromatic nitrogens is 3. The van der Waals surface area contributed by atoms with E-state index in [1.165, 1.54) is 11.3 Å². The molecule has 0 unspecified atom stereocenters. The summed E-state index contributed by atoms with van der Waals surface area (Å²) in [5.41, 5.74) is 5.28. The summed E-state index contributed by atoms with van der Waals surface area (Å²) in [5, 5.41) is 4.77. The molecule has 0 fully saturated rings. The van der Waals surface area contributed by atoms with Crippen LogP contribution in [0.5, 0.6) is 0 Å². The van der Waals surface area contributed by atoms with E-state index in [1.54, 1.807) is 6.20 Å². The number of amides is 1. The molecule has 3 heterocycles. The molecule has 1 amide bonds. The van der Waals surface area contributed by atoms with Crippen molar-refractivity contribution in [3.63, 3.8) is 0 Å². The smallest absolute Gasteiger partial charge is 0.257 e. The van der Waals surface area contributed by atoms with E-state index in [1.807, 2.05) is 66.0 Å². The molecule has 0 saturated heterocycles. The van der Waals surface area contributed by atoms with E-state index in [-0.39, 0.29) is 5.91 Å². The number of fused-ring (bicyclic) bond motifs is 1. The highest BCUT2D eigenvalue weighted by Crippen LogP contribution is 2.28. The maximum Gasteiger partial charge on any atom is 0.257 e. The molecule has 0 saturated carbocycles. The molecule has 144 valence electrons. The topological polar surface area (TPSA) is 54.3 Å². The number of anilines is 1. The van der Waals surface area contributed by atoms with Crippen molar-refractivity contribution >= 4 is 11.7 Å². The molecule has 0 aliphatic carbocycles. The maximum atomic E-state index is 13.2. The van der Waals surface area contributed by atoms with Crippen LogP contribution >= 0.6 is 0 Å². The second kappa shape index (κ2) is 7.46. The van der Waals surface area contributed by atoms with E-state index in [9.17, 15) is 4.79 Å². The average molecular weight is 375 g/mol. The minimum atomic E-state index is 0.0406. The maximum absolute atomic E-state index is 13.2. The van der Waals surface area contributed by atoms with Gasteiger partial charge in [-0.25, -0.2) is 4.98 Å². The molecule has 0 bridgehead atoms. The Balaban J connectivity index is 1.62. The van der Waals surface area contributed by atoms with Gasteiger partial charge in [-0.05, 0) is 18.6 Å². The minimum absolute atomic E-state index is 0.0406. The van der Waals surface area contributed by atoms with Crippen molar-refractivity contribution in [1.82, 2.24) is 19.7 Å². The molecule has 4 rings (SSSR count). The van der Waals surface area contributed by atoms with Crippen molar-refractivity contribution in [2.75, 3.05) is 32.1 Å². The van der Waals surface area contributed by atoms with Gasteiger partial charge in [0.1, 0.15) is 5.82 Å². The molecule has 1 aliphatic rings. The average Bonchev–Trinajstić information content (AvgIpc) is 2.89. The Morgan fingerprint density at radius 3 is 2.54 bits per heavy atom. The van der Waals surface area contributed by atoms with Gasteiger partial charge >= 0.3 is 0 Å². The predicted octanol–water partition coefficient (Wildman–Crippen LogP) is 2.79. The third-order valence-corrected chi connectivity index (χ3v) is 5.30. The summed E-state index contributed by atoms with van der Waals surface area (Å²) in [7, 11) is 5.82. The SMILES string of the molecule is CN(C)c1ncccc1C(=O)N1CCc2c(-c3ccccc3)nn(C)c2CC1. The fraction of sp³-hybridized carbons (Fsp3) is 0.318. The van der Waals surface area contributed by atoms with E-state index in [2.05, 4.69) is 17.1 Å². The Kier molecular flexibility index (Phi) is 4.86. The molecule has 28 heavy (non-hydrogen) atoms. The summed E-state index contributed by atoms with van der Waals surface area (Å²) in [6.07, 6.45) is 3.33. The number of carbonyl (C=O) groups is 1. The van der Waals surface area contributed by atoms with E-state index in [4.69, 9.17) is 5.10 Å². The van der Waals surface area contributed by atoms with Crippen LogP contribution in [0, 0.1) is 0 Å². The third-order valence-electron chi connectivity index (χ3n) is 5.30. The number of benzene rings is 1. The van der Waals surface area contributed by atoms with Gasteiger partial charge in [-0.15, -0.1) is 0 Å². The lowest BCUT2D eigenvalue weighted by Crippen LogP contribution is -2.34. The Labute approximate surface area is 165 Å². The first-order valence-corrected chi connectivity index (χ1v) is 9.58. The van der Waals surface area contributed by atoms with Crippen LogP contribution in [-0.4, -0.2) is 52.8 Å². The fourth-order valence-corrected chi connectivity index (χ4v) is 3.90. The molecule has 6 nitrogen and oxygen atoms in total. The Hall–Kier alpha value is -3.15. The summed E-state index contributed by atoms with van der Waals surface area (Å²) in [4.78, 5) is 21.4. The molecule has 3 aromatic rings. The van der Waals surface area contributed by atoms with Gasteiger partial charge in [-0.1, -0.05) is 30.3 Å². The van der Waals surface area contributed by atoms with Crippen LogP contribution < -0.4 is 4.90 Å². The summed E-state index contributed by atoms with van der Waals surface area (Å²) in [6.45, 7) is 1.36. The number of hydrogen-bond donors (Lipinski definition) is 0. The zero-order valence-corrected chi connectivity index (χ0v) is 16.6. The van der Waals surface area contributed by atoms with E-state index in [0.29, 0.717) is 24.5 Å². The first-order valence-electron chi connectivity index (χ1n) is 9.58. The van der Waals surface area contributed by atoms with E-state index >= 15 is 0 Å². The second-order valence-corrected chi connectivity index (χ2v) is 7.32. The summed E-state index contributed by atoms with van der Waals surface area (Å²) >= 11 is 0. The molecular formula is C22H25N5O. The molecule has 0 N–H and O–H groups in total. The standard InChI is InChI=1S/C22H25N5O/c1-25(2)21-18(10-7-13-23-21)22(28)27-14-11-17-19(12-15-27)26(3)24-20(17)16-8-5-4-6-9-16/h4-10,13H,11-12,14-15H2,1-3H3. The quantitative estimate of drug-likeness (QED) is 0.706. The number of carbonyl (C=O) groups excluding carboxylic acids is 1. The fourth-order valence-electron chi connectivity index (χ4n) is 3.90. The lowest BCUT2D eigenvalue weighted by atomic mass is 10.0. The highest BCUT2D eigenvalue weighted by Gasteiger charge is 2.26. The lowest BCUT2D eigenvalue weighted by molar-refractivity contribution is 0.0763. The Morgan fingerprint density at radius 2 is 1.79 bits per heavy atom. The van der Waals surface area contributed by atoms with Gasteiger partial charge in [-0.2, -0.15) is 5.10 Å². The van der Waals surface area contributed by atoms with Crippen LogP contribution in [0.2, 0.25) is 0 Å². The number of pyridine rings is 1. The first kappa shape index (κ1) is 18.2. The van der Waals surface area contributed by atoms with Crippen LogP contribution in [0.4, 0.5) is 5.82 Å². The summed E-state index contributed by atoms with van der Waals surface area (Å²) in [6, 6.07) is 14.0. The Bertz CT molecular complexity index is 993. The normalized spacial score (nSPS) is 13.8. The highest BCUT2D eigenvalue weighted by atomic mass is 16.2. The summed E-state index contributed by atoms with van der Waals surface area (Å²) < 4.78 is 1.97. The van der Waals surface area contributed by atoms with Crippen LogP contribution in [0.15, 0.2) is 48.7 Å². The van der Waals surface area contributed by atoms with Gasteiger partial charge in [0.15, 0.2) is 0 Å². The number of hydrogen-bond acceptors (Lipinski definition) is 4. The molecule has 6 heteroatoms. The van der Waals surface area contributed by atoms with Crippen molar-refractivity contribution < 1.29 is 4.79 Å². The number of rotatable bonds is 3. The second-order valence-electron chi connectivity index (χ2n) is 7.32. The molecule has 2 aromatic heterocycles.